The number of halogens is 1. The van der Waals surface area contributed by atoms with E-state index in [0.29, 0.717) is 33.4 Å². The standard InChI is InChI=1S/C19H17ClN2O2S/c1-3-10-22-18(23)15-11-14(20)8-9-16(15)21-19(22)25-12-13-6-4-5-7-17(13)24-2/h3-9,11H,1,10,12H2,2H3. The minimum Gasteiger partial charge on any atom is -0.496 e. The van der Waals surface area contributed by atoms with Crippen LogP contribution in [-0.4, -0.2) is 16.7 Å². The first-order valence-corrected chi connectivity index (χ1v) is 9.06. The predicted molar refractivity (Wildman–Crippen MR) is 104 cm³/mol. The Morgan fingerprint density at radius 2 is 2.12 bits per heavy atom. The summed E-state index contributed by atoms with van der Waals surface area (Å²) in [5.74, 6) is 1.47. The van der Waals surface area contributed by atoms with Gasteiger partial charge in [-0.2, -0.15) is 0 Å². The van der Waals surface area contributed by atoms with Gasteiger partial charge in [0.15, 0.2) is 5.16 Å². The Hall–Kier alpha value is -2.24. The predicted octanol–water partition coefficient (Wildman–Crippen LogP) is 4.54. The molecule has 1 heterocycles. The molecule has 0 aliphatic rings. The van der Waals surface area contributed by atoms with Crippen LogP contribution < -0.4 is 10.3 Å². The van der Waals surface area contributed by atoms with Crippen molar-refractivity contribution in [1.29, 1.82) is 0 Å². The fourth-order valence-electron chi connectivity index (χ4n) is 2.54. The SMILES string of the molecule is C=CCn1c(SCc2ccccc2OC)nc2ccc(Cl)cc2c1=O. The third-order valence-corrected chi connectivity index (χ3v) is 5.00. The highest BCUT2D eigenvalue weighted by molar-refractivity contribution is 7.98. The molecular formula is C19H17ClN2O2S. The molecule has 1 aromatic heterocycles. The van der Waals surface area contributed by atoms with Crippen molar-refractivity contribution in [2.45, 2.75) is 17.5 Å². The van der Waals surface area contributed by atoms with E-state index in [1.165, 1.54) is 11.8 Å². The Morgan fingerprint density at radius 3 is 2.88 bits per heavy atom. The summed E-state index contributed by atoms with van der Waals surface area (Å²) < 4.78 is 7.00. The Balaban J connectivity index is 2.02. The monoisotopic (exact) mass is 372 g/mol. The van der Waals surface area contributed by atoms with Gasteiger partial charge in [-0.05, 0) is 24.3 Å². The third-order valence-electron chi connectivity index (χ3n) is 3.74. The van der Waals surface area contributed by atoms with Crippen molar-refractivity contribution in [2.24, 2.45) is 0 Å². The van der Waals surface area contributed by atoms with E-state index in [9.17, 15) is 4.79 Å². The van der Waals surface area contributed by atoms with Gasteiger partial charge in [-0.25, -0.2) is 4.98 Å². The van der Waals surface area contributed by atoms with Gasteiger partial charge in [0.1, 0.15) is 5.75 Å². The lowest BCUT2D eigenvalue weighted by Gasteiger charge is -2.12. The van der Waals surface area contributed by atoms with E-state index < -0.39 is 0 Å². The summed E-state index contributed by atoms with van der Waals surface area (Å²) in [5.41, 5.74) is 1.57. The molecule has 4 nitrogen and oxygen atoms in total. The molecule has 0 amide bonds. The van der Waals surface area contributed by atoms with Gasteiger partial charge in [0.25, 0.3) is 5.56 Å². The first-order valence-electron chi connectivity index (χ1n) is 7.69. The summed E-state index contributed by atoms with van der Waals surface area (Å²) in [6.07, 6.45) is 1.69. The zero-order valence-corrected chi connectivity index (χ0v) is 15.3. The number of aromatic nitrogens is 2. The van der Waals surface area contributed by atoms with Gasteiger partial charge in [-0.15, -0.1) is 6.58 Å². The molecule has 3 aromatic rings. The highest BCUT2D eigenvalue weighted by Gasteiger charge is 2.12. The van der Waals surface area contributed by atoms with Crippen molar-refractivity contribution in [3.63, 3.8) is 0 Å². The van der Waals surface area contributed by atoms with Crippen LogP contribution in [0.1, 0.15) is 5.56 Å². The smallest absolute Gasteiger partial charge is 0.262 e. The van der Waals surface area contributed by atoms with Gasteiger partial charge >= 0.3 is 0 Å². The summed E-state index contributed by atoms with van der Waals surface area (Å²) in [5, 5.41) is 1.67. The molecule has 3 rings (SSSR count). The topological polar surface area (TPSA) is 44.1 Å². The van der Waals surface area contributed by atoms with Gasteiger partial charge in [0.05, 0.1) is 18.0 Å². The van der Waals surface area contributed by atoms with Crippen LogP contribution in [0.5, 0.6) is 5.75 Å². The average molecular weight is 373 g/mol. The van der Waals surface area contributed by atoms with Crippen LogP contribution >= 0.6 is 23.4 Å². The van der Waals surface area contributed by atoms with Crippen molar-refractivity contribution in [3.05, 3.63) is 76.1 Å². The second kappa shape index (κ2) is 7.76. The lowest BCUT2D eigenvalue weighted by molar-refractivity contribution is 0.411. The minimum atomic E-state index is -0.116. The van der Waals surface area contributed by atoms with Gasteiger partial charge in [0.2, 0.25) is 0 Å². The molecule has 0 aliphatic heterocycles. The Bertz CT molecular complexity index is 985. The van der Waals surface area contributed by atoms with Crippen molar-refractivity contribution >= 4 is 34.3 Å². The van der Waals surface area contributed by atoms with Gasteiger partial charge in [0, 0.05) is 22.9 Å². The number of nitrogens with zero attached hydrogens (tertiary/aromatic N) is 2. The summed E-state index contributed by atoms with van der Waals surface area (Å²) in [6.45, 7) is 4.13. The summed E-state index contributed by atoms with van der Waals surface area (Å²) >= 11 is 7.51. The number of benzene rings is 2. The quantitative estimate of drug-likeness (QED) is 0.362. The molecule has 0 bridgehead atoms. The first kappa shape index (κ1) is 17.6. The van der Waals surface area contributed by atoms with E-state index in [2.05, 4.69) is 11.6 Å². The van der Waals surface area contributed by atoms with E-state index in [4.69, 9.17) is 16.3 Å². The molecule has 0 unspecified atom stereocenters. The van der Waals surface area contributed by atoms with E-state index in [1.54, 1.807) is 36.0 Å². The lowest BCUT2D eigenvalue weighted by atomic mass is 10.2. The summed E-state index contributed by atoms with van der Waals surface area (Å²) in [6, 6.07) is 13.0. The van der Waals surface area contributed by atoms with Crippen LogP contribution in [0, 0.1) is 0 Å². The fraction of sp³-hybridized carbons (Fsp3) is 0.158. The Morgan fingerprint density at radius 1 is 1.32 bits per heavy atom. The minimum absolute atomic E-state index is 0.116. The number of methoxy groups -OCH3 is 1. The van der Waals surface area contributed by atoms with E-state index >= 15 is 0 Å². The molecule has 0 aliphatic carbocycles. The van der Waals surface area contributed by atoms with E-state index in [0.717, 1.165) is 11.3 Å². The number of allylic oxidation sites excluding steroid dienone is 1. The van der Waals surface area contributed by atoms with Crippen molar-refractivity contribution in [1.82, 2.24) is 9.55 Å². The Labute approximate surface area is 155 Å². The van der Waals surface area contributed by atoms with Gasteiger partial charge < -0.3 is 4.74 Å². The second-order valence-corrected chi connectivity index (χ2v) is 6.74. The highest BCUT2D eigenvalue weighted by Crippen LogP contribution is 2.27. The molecule has 0 spiro atoms. The van der Waals surface area contributed by atoms with Crippen molar-refractivity contribution in [2.75, 3.05) is 7.11 Å². The van der Waals surface area contributed by atoms with Crippen LogP contribution in [0.4, 0.5) is 0 Å². The zero-order chi connectivity index (χ0) is 17.8. The maximum absolute atomic E-state index is 12.8. The lowest BCUT2D eigenvalue weighted by Crippen LogP contribution is -2.22. The number of hydrogen-bond donors (Lipinski definition) is 0. The van der Waals surface area contributed by atoms with Crippen LogP contribution in [0.3, 0.4) is 0 Å². The maximum Gasteiger partial charge on any atom is 0.262 e. The third kappa shape index (κ3) is 3.72. The van der Waals surface area contributed by atoms with Crippen LogP contribution in [0.15, 0.2) is 65.1 Å². The van der Waals surface area contributed by atoms with Crippen LogP contribution in [0.25, 0.3) is 10.9 Å². The molecule has 2 aromatic carbocycles. The van der Waals surface area contributed by atoms with Crippen LogP contribution in [-0.2, 0) is 12.3 Å². The van der Waals surface area contributed by atoms with Crippen molar-refractivity contribution in [3.8, 4) is 5.75 Å². The number of ether oxygens (including phenoxy) is 1. The molecule has 0 saturated carbocycles. The zero-order valence-electron chi connectivity index (χ0n) is 13.7. The molecular weight excluding hydrogens is 356 g/mol. The second-order valence-electron chi connectivity index (χ2n) is 5.36. The molecule has 0 saturated heterocycles. The molecule has 0 fully saturated rings. The molecule has 0 radical (unpaired) electrons. The normalized spacial score (nSPS) is 10.8. The number of para-hydroxylation sites is 1. The van der Waals surface area contributed by atoms with Crippen molar-refractivity contribution < 1.29 is 4.74 Å². The first-order chi connectivity index (χ1) is 12.1. The Kier molecular flexibility index (Phi) is 5.46. The van der Waals surface area contributed by atoms with Gasteiger partial charge in [-0.3, -0.25) is 9.36 Å². The maximum atomic E-state index is 12.8. The summed E-state index contributed by atoms with van der Waals surface area (Å²) in [7, 11) is 1.65. The molecule has 0 N–H and O–H groups in total. The highest BCUT2D eigenvalue weighted by atomic mass is 35.5. The molecule has 25 heavy (non-hydrogen) atoms. The average Bonchev–Trinajstić information content (AvgIpc) is 2.63. The molecule has 0 atom stereocenters. The number of rotatable bonds is 6. The van der Waals surface area contributed by atoms with Gasteiger partial charge in [-0.1, -0.05) is 47.6 Å². The largest absolute Gasteiger partial charge is 0.496 e. The summed E-state index contributed by atoms with van der Waals surface area (Å²) in [4.78, 5) is 17.4. The number of hydrogen-bond acceptors (Lipinski definition) is 4. The van der Waals surface area contributed by atoms with E-state index in [1.807, 2.05) is 24.3 Å². The number of fused-ring (bicyclic) bond motifs is 1. The molecule has 6 heteroatoms. The van der Waals surface area contributed by atoms with Crippen LogP contribution in [0.2, 0.25) is 5.02 Å². The number of thioether (sulfide) groups is 1. The fourth-order valence-corrected chi connectivity index (χ4v) is 3.71. The van der Waals surface area contributed by atoms with E-state index in [-0.39, 0.29) is 5.56 Å². The molecule has 128 valence electrons.